The van der Waals surface area contributed by atoms with Gasteiger partial charge in [-0.25, -0.2) is 4.79 Å². The summed E-state index contributed by atoms with van der Waals surface area (Å²) in [5.74, 6) is 1.74. The molecule has 1 N–H and O–H groups in total. The third kappa shape index (κ3) is 7.63. The number of nitrogens with zero attached hydrogens (tertiary/aromatic N) is 2. The lowest BCUT2D eigenvalue weighted by Gasteiger charge is -2.30. The van der Waals surface area contributed by atoms with Crippen molar-refractivity contribution in [2.24, 2.45) is 0 Å². The van der Waals surface area contributed by atoms with Gasteiger partial charge in [-0.15, -0.1) is 11.3 Å². The van der Waals surface area contributed by atoms with Gasteiger partial charge in [0.2, 0.25) is 5.91 Å². The second kappa shape index (κ2) is 13.5. The Morgan fingerprint density at radius 3 is 2.30 bits per heavy atom. The third-order valence-electron chi connectivity index (χ3n) is 5.94. The Morgan fingerprint density at radius 1 is 0.919 bits per heavy atom. The Balaban J connectivity index is 1.74. The van der Waals surface area contributed by atoms with Crippen LogP contribution >= 0.6 is 11.3 Å². The van der Waals surface area contributed by atoms with Gasteiger partial charge in [0.1, 0.15) is 12.3 Å². The molecule has 1 aromatic heterocycles. The molecule has 0 radical (unpaired) electrons. The zero-order chi connectivity index (χ0) is 26.8. The zero-order valence-corrected chi connectivity index (χ0v) is 22.8. The number of rotatable bonds is 12. The lowest BCUT2D eigenvalue weighted by atomic mass is 10.1. The van der Waals surface area contributed by atoms with E-state index in [4.69, 9.17) is 14.2 Å². The van der Waals surface area contributed by atoms with E-state index in [-0.39, 0.29) is 24.5 Å². The van der Waals surface area contributed by atoms with Crippen molar-refractivity contribution in [3.8, 4) is 17.2 Å². The summed E-state index contributed by atoms with van der Waals surface area (Å²) < 4.78 is 16.1. The van der Waals surface area contributed by atoms with Crippen LogP contribution in [0, 0.1) is 0 Å². The molecule has 0 fully saturated rings. The molecule has 0 bridgehead atoms. The third-order valence-corrected chi connectivity index (χ3v) is 6.80. The molecule has 0 saturated carbocycles. The van der Waals surface area contributed by atoms with Crippen LogP contribution in [0.5, 0.6) is 17.2 Å². The molecule has 8 nitrogen and oxygen atoms in total. The number of amides is 3. The van der Waals surface area contributed by atoms with Crippen LogP contribution in [0.15, 0.2) is 60.0 Å². The number of hydrogen-bond donors (Lipinski definition) is 1. The molecule has 0 unspecified atom stereocenters. The van der Waals surface area contributed by atoms with E-state index in [1.54, 1.807) is 49.7 Å². The minimum absolute atomic E-state index is 0.0457. The maximum Gasteiger partial charge on any atom is 0.322 e. The maximum absolute atomic E-state index is 13.5. The second-order valence-corrected chi connectivity index (χ2v) is 9.72. The molecule has 3 aromatic rings. The summed E-state index contributed by atoms with van der Waals surface area (Å²) in [6.07, 6.45) is 0.632. The summed E-state index contributed by atoms with van der Waals surface area (Å²) in [4.78, 5) is 31.1. The van der Waals surface area contributed by atoms with E-state index in [1.807, 2.05) is 61.7 Å². The number of carbonyl (C=O) groups is 2. The number of carbonyl (C=O) groups excluding carboxylic acids is 2. The SMILES string of the molecule is COc1ccccc1NC(=O)N(CC(=O)N(CCc1ccc(OC)c(OC)c1)Cc1cccs1)C(C)C. The van der Waals surface area contributed by atoms with E-state index in [0.717, 1.165) is 10.4 Å². The fourth-order valence-electron chi connectivity index (χ4n) is 3.85. The van der Waals surface area contributed by atoms with Gasteiger partial charge in [0.25, 0.3) is 0 Å². The summed E-state index contributed by atoms with van der Waals surface area (Å²) in [6, 6.07) is 16.4. The van der Waals surface area contributed by atoms with Crippen molar-refractivity contribution in [3.63, 3.8) is 0 Å². The number of urea groups is 1. The number of thiophene rings is 1. The van der Waals surface area contributed by atoms with Gasteiger partial charge in [0, 0.05) is 17.5 Å². The van der Waals surface area contributed by atoms with Crippen LogP contribution in [0.2, 0.25) is 0 Å². The lowest BCUT2D eigenvalue weighted by molar-refractivity contribution is -0.132. The van der Waals surface area contributed by atoms with E-state index in [2.05, 4.69) is 5.32 Å². The van der Waals surface area contributed by atoms with Crippen LogP contribution in [0.3, 0.4) is 0 Å². The monoisotopic (exact) mass is 525 g/mol. The van der Waals surface area contributed by atoms with Crippen LogP contribution < -0.4 is 19.5 Å². The van der Waals surface area contributed by atoms with Gasteiger partial charge in [-0.3, -0.25) is 4.79 Å². The molecule has 1 heterocycles. The predicted molar refractivity (Wildman–Crippen MR) is 147 cm³/mol. The van der Waals surface area contributed by atoms with E-state index in [1.165, 1.54) is 4.90 Å². The summed E-state index contributed by atoms with van der Waals surface area (Å²) in [6.45, 7) is 4.71. The number of hydrogen-bond acceptors (Lipinski definition) is 6. The largest absolute Gasteiger partial charge is 0.495 e. The van der Waals surface area contributed by atoms with Gasteiger partial charge >= 0.3 is 6.03 Å². The summed E-state index contributed by atoms with van der Waals surface area (Å²) >= 11 is 1.60. The van der Waals surface area contributed by atoms with Crippen molar-refractivity contribution in [2.75, 3.05) is 39.7 Å². The number of benzene rings is 2. The fraction of sp³-hybridized carbons (Fsp3) is 0.357. The number of ether oxygens (including phenoxy) is 3. The first-order valence-electron chi connectivity index (χ1n) is 12.1. The summed E-state index contributed by atoms with van der Waals surface area (Å²) in [5, 5.41) is 4.88. The molecular weight excluding hydrogens is 490 g/mol. The van der Waals surface area contributed by atoms with Crippen LogP contribution in [0.1, 0.15) is 24.3 Å². The molecule has 9 heteroatoms. The van der Waals surface area contributed by atoms with Crippen molar-refractivity contribution in [2.45, 2.75) is 32.9 Å². The van der Waals surface area contributed by atoms with Crippen molar-refractivity contribution in [3.05, 3.63) is 70.4 Å². The van der Waals surface area contributed by atoms with E-state index >= 15 is 0 Å². The minimum atomic E-state index is -0.358. The van der Waals surface area contributed by atoms with Crippen molar-refractivity contribution >= 4 is 29.0 Å². The molecule has 3 amide bonds. The molecular formula is C28H35N3O5S. The Kier molecular flexibility index (Phi) is 10.2. The average Bonchev–Trinajstić information content (AvgIpc) is 3.42. The maximum atomic E-state index is 13.5. The molecule has 0 atom stereocenters. The number of anilines is 1. The molecule has 198 valence electrons. The van der Waals surface area contributed by atoms with Gasteiger partial charge in [0.05, 0.1) is 33.6 Å². The fourth-order valence-corrected chi connectivity index (χ4v) is 4.57. The first-order valence-corrected chi connectivity index (χ1v) is 13.0. The predicted octanol–water partition coefficient (Wildman–Crippen LogP) is 5.29. The summed E-state index contributed by atoms with van der Waals surface area (Å²) in [5.41, 5.74) is 1.58. The number of para-hydroxylation sites is 2. The van der Waals surface area contributed by atoms with Gasteiger partial charge in [0.15, 0.2) is 11.5 Å². The molecule has 3 rings (SSSR count). The molecule has 0 saturated heterocycles. The molecule has 0 aliphatic heterocycles. The normalized spacial score (nSPS) is 10.6. The molecule has 37 heavy (non-hydrogen) atoms. The summed E-state index contributed by atoms with van der Waals surface area (Å²) in [7, 11) is 4.75. The van der Waals surface area contributed by atoms with Gasteiger partial charge in [-0.1, -0.05) is 24.3 Å². The standard InChI is InChI=1S/C28H35N3O5S/c1-20(2)31(28(33)29-23-10-6-7-11-24(23)34-3)19-27(32)30(18-22-9-8-16-37-22)15-14-21-12-13-25(35-4)26(17-21)36-5/h6-13,16-17,20H,14-15,18-19H2,1-5H3,(H,29,33). The first kappa shape index (κ1) is 27.9. The van der Waals surface area contributed by atoms with Crippen LogP contribution in [-0.4, -0.2) is 62.2 Å². The van der Waals surface area contributed by atoms with Crippen LogP contribution in [0.4, 0.5) is 10.5 Å². The van der Waals surface area contributed by atoms with Crippen molar-refractivity contribution < 1.29 is 23.8 Å². The van der Waals surface area contributed by atoms with E-state index in [9.17, 15) is 9.59 Å². The molecule has 0 aliphatic rings. The quantitative estimate of drug-likeness (QED) is 0.348. The Morgan fingerprint density at radius 2 is 1.65 bits per heavy atom. The molecule has 0 spiro atoms. The van der Waals surface area contributed by atoms with Gasteiger partial charge < -0.3 is 29.3 Å². The highest BCUT2D eigenvalue weighted by molar-refractivity contribution is 7.09. The Hall–Kier alpha value is -3.72. The van der Waals surface area contributed by atoms with Crippen LogP contribution in [-0.2, 0) is 17.8 Å². The van der Waals surface area contributed by atoms with Crippen molar-refractivity contribution in [1.82, 2.24) is 9.80 Å². The lowest BCUT2D eigenvalue weighted by Crippen LogP contribution is -2.47. The topological polar surface area (TPSA) is 80.3 Å². The smallest absolute Gasteiger partial charge is 0.322 e. The molecule has 0 aliphatic carbocycles. The highest BCUT2D eigenvalue weighted by Gasteiger charge is 2.25. The highest BCUT2D eigenvalue weighted by atomic mass is 32.1. The zero-order valence-electron chi connectivity index (χ0n) is 22.0. The van der Waals surface area contributed by atoms with Crippen LogP contribution in [0.25, 0.3) is 0 Å². The first-order chi connectivity index (χ1) is 17.9. The number of nitrogens with one attached hydrogen (secondary N) is 1. The average molecular weight is 526 g/mol. The highest BCUT2D eigenvalue weighted by Crippen LogP contribution is 2.28. The Bertz CT molecular complexity index is 1170. The van der Waals surface area contributed by atoms with E-state index in [0.29, 0.717) is 42.4 Å². The minimum Gasteiger partial charge on any atom is -0.495 e. The second-order valence-electron chi connectivity index (χ2n) is 8.69. The number of methoxy groups -OCH3 is 3. The van der Waals surface area contributed by atoms with Gasteiger partial charge in [-0.05, 0) is 61.5 Å². The van der Waals surface area contributed by atoms with Crippen molar-refractivity contribution in [1.29, 1.82) is 0 Å². The Labute approximate surface area is 222 Å². The van der Waals surface area contributed by atoms with Gasteiger partial charge in [-0.2, -0.15) is 0 Å². The van der Waals surface area contributed by atoms with E-state index < -0.39 is 0 Å². The molecule has 2 aromatic carbocycles.